The number of nitrogens with one attached hydrogen (secondary N) is 1. The van der Waals surface area contributed by atoms with Crippen molar-refractivity contribution in [1.29, 1.82) is 0 Å². The molecule has 31 heavy (non-hydrogen) atoms. The highest BCUT2D eigenvalue weighted by Crippen LogP contribution is 2.36. The maximum Gasteiger partial charge on any atom is 0.282 e. The third-order valence-electron chi connectivity index (χ3n) is 5.41. The van der Waals surface area contributed by atoms with Crippen LogP contribution in [0.3, 0.4) is 0 Å². The molecule has 0 bridgehead atoms. The molecular formula is C25H20ClFN2O2. The van der Waals surface area contributed by atoms with E-state index in [1.165, 1.54) is 24.3 Å². The lowest BCUT2D eigenvalue weighted by Crippen LogP contribution is -2.33. The molecule has 0 spiro atoms. The first-order valence-electron chi connectivity index (χ1n) is 9.75. The second-order valence-electron chi connectivity index (χ2n) is 7.56. The molecule has 3 aromatic rings. The van der Waals surface area contributed by atoms with Crippen molar-refractivity contribution >= 4 is 40.4 Å². The van der Waals surface area contributed by atoms with Crippen molar-refractivity contribution in [2.24, 2.45) is 0 Å². The summed E-state index contributed by atoms with van der Waals surface area (Å²) in [6.45, 7) is 5.74. The summed E-state index contributed by atoms with van der Waals surface area (Å²) in [6.07, 6.45) is 0. The SMILES string of the molecule is Cc1ccc(C2=C(Nc3ccc(F)cc3)C(=O)N(c3cc(Cl)ccc3C)C2=O)cc1C. The first kappa shape index (κ1) is 20.8. The Morgan fingerprint density at radius 3 is 2.16 bits per heavy atom. The van der Waals surface area contributed by atoms with Crippen LogP contribution in [-0.2, 0) is 9.59 Å². The first-order chi connectivity index (χ1) is 14.8. The summed E-state index contributed by atoms with van der Waals surface area (Å²) in [6, 6.07) is 16.3. The van der Waals surface area contributed by atoms with Crippen LogP contribution in [-0.4, -0.2) is 11.8 Å². The lowest BCUT2D eigenvalue weighted by molar-refractivity contribution is -0.120. The van der Waals surface area contributed by atoms with Crippen LogP contribution in [0.15, 0.2) is 66.4 Å². The van der Waals surface area contributed by atoms with E-state index in [1.54, 1.807) is 18.2 Å². The molecule has 4 rings (SSSR count). The number of hydrogen-bond acceptors (Lipinski definition) is 3. The zero-order valence-electron chi connectivity index (χ0n) is 17.3. The summed E-state index contributed by atoms with van der Waals surface area (Å²) in [5, 5.41) is 3.46. The molecule has 1 heterocycles. The first-order valence-corrected chi connectivity index (χ1v) is 10.1. The molecule has 0 saturated heterocycles. The minimum Gasteiger partial charge on any atom is -0.350 e. The maximum absolute atomic E-state index is 13.5. The zero-order chi connectivity index (χ0) is 22.3. The molecule has 1 aliphatic rings. The van der Waals surface area contributed by atoms with E-state index in [-0.39, 0.29) is 17.1 Å². The van der Waals surface area contributed by atoms with Crippen molar-refractivity contribution in [2.75, 3.05) is 10.2 Å². The van der Waals surface area contributed by atoms with Crippen molar-refractivity contribution < 1.29 is 14.0 Å². The molecule has 0 aromatic heterocycles. The van der Waals surface area contributed by atoms with Gasteiger partial charge in [-0.25, -0.2) is 9.29 Å². The van der Waals surface area contributed by atoms with Crippen LogP contribution in [0.4, 0.5) is 15.8 Å². The topological polar surface area (TPSA) is 49.4 Å². The highest BCUT2D eigenvalue weighted by Gasteiger charge is 2.41. The van der Waals surface area contributed by atoms with Gasteiger partial charge in [-0.15, -0.1) is 0 Å². The second kappa shape index (κ2) is 8.00. The van der Waals surface area contributed by atoms with E-state index in [9.17, 15) is 14.0 Å². The molecule has 0 aliphatic carbocycles. The van der Waals surface area contributed by atoms with Gasteiger partial charge in [0.2, 0.25) is 0 Å². The van der Waals surface area contributed by atoms with Crippen molar-refractivity contribution in [3.05, 3.63) is 99.5 Å². The molecule has 156 valence electrons. The second-order valence-corrected chi connectivity index (χ2v) is 7.99. The average Bonchev–Trinajstić information content (AvgIpc) is 2.97. The van der Waals surface area contributed by atoms with E-state index in [2.05, 4.69) is 5.32 Å². The summed E-state index contributed by atoms with van der Waals surface area (Å²) in [7, 11) is 0. The molecule has 1 N–H and O–H groups in total. The lowest BCUT2D eigenvalue weighted by Gasteiger charge is -2.18. The molecule has 0 radical (unpaired) electrons. The lowest BCUT2D eigenvalue weighted by atomic mass is 9.99. The largest absolute Gasteiger partial charge is 0.350 e. The van der Waals surface area contributed by atoms with Gasteiger partial charge in [0.15, 0.2) is 0 Å². The molecule has 0 atom stereocenters. The number of aryl methyl sites for hydroxylation is 3. The Kier molecular flexibility index (Phi) is 5.38. The van der Waals surface area contributed by atoms with Crippen LogP contribution in [0.1, 0.15) is 22.3 Å². The third kappa shape index (κ3) is 3.84. The van der Waals surface area contributed by atoms with E-state index in [0.717, 1.165) is 21.6 Å². The number of anilines is 2. The summed E-state index contributed by atoms with van der Waals surface area (Å²) < 4.78 is 13.3. The molecule has 0 saturated carbocycles. The summed E-state index contributed by atoms with van der Waals surface area (Å²) in [5.41, 5.74) is 4.79. The van der Waals surface area contributed by atoms with Crippen LogP contribution >= 0.6 is 11.6 Å². The Hall–Kier alpha value is -3.44. The normalized spacial score (nSPS) is 13.9. The van der Waals surface area contributed by atoms with Crippen molar-refractivity contribution in [2.45, 2.75) is 20.8 Å². The van der Waals surface area contributed by atoms with Crippen LogP contribution in [0.5, 0.6) is 0 Å². The predicted octanol–water partition coefficient (Wildman–Crippen LogP) is 5.80. The fourth-order valence-corrected chi connectivity index (χ4v) is 3.70. The van der Waals surface area contributed by atoms with E-state index in [1.807, 2.05) is 39.0 Å². The van der Waals surface area contributed by atoms with Gasteiger partial charge in [-0.2, -0.15) is 0 Å². The van der Waals surface area contributed by atoms with E-state index in [0.29, 0.717) is 22.0 Å². The van der Waals surface area contributed by atoms with Crippen molar-refractivity contribution in [3.8, 4) is 0 Å². The monoisotopic (exact) mass is 434 g/mol. The van der Waals surface area contributed by atoms with Crippen LogP contribution in [0.25, 0.3) is 5.57 Å². The van der Waals surface area contributed by atoms with Crippen LogP contribution < -0.4 is 10.2 Å². The molecule has 2 amide bonds. The van der Waals surface area contributed by atoms with Gasteiger partial charge in [-0.3, -0.25) is 9.59 Å². The third-order valence-corrected chi connectivity index (χ3v) is 5.64. The van der Waals surface area contributed by atoms with Gasteiger partial charge < -0.3 is 5.32 Å². The Bertz CT molecular complexity index is 1250. The number of carbonyl (C=O) groups is 2. The van der Waals surface area contributed by atoms with E-state index < -0.39 is 11.8 Å². The molecule has 0 fully saturated rings. The molecule has 0 unspecified atom stereocenters. The molecule has 6 heteroatoms. The quantitative estimate of drug-likeness (QED) is 0.528. The van der Waals surface area contributed by atoms with E-state index >= 15 is 0 Å². The number of halogens is 2. The number of nitrogens with zero attached hydrogens (tertiary/aromatic N) is 1. The number of rotatable bonds is 4. The average molecular weight is 435 g/mol. The fraction of sp³-hybridized carbons (Fsp3) is 0.120. The summed E-state index contributed by atoms with van der Waals surface area (Å²) >= 11 is 6.15. The minimum atomic E-state index is -0.493. The predicted molar refractivity (Wildman–Crippen MR) is 122 cm³/mol. The van der Waals surface area contributed by atoms with E-state index in [4.69, 9.17) is 11.6 Å². The van der Waals surface area contributed by atoms with Crippen LogP contribution in [0, 0.1) is 26.6 Å². The minimum absolute atomic E-state index is 0.138. The van der Waals surface area contributed by atoms with Gasteiger partial charge in [0.25, 0.3) is 11.8 Å². The van der Waals surface area contributed by atoms with Gasteiger partial charge in [0.1, 0.15) is 11.5 Å². The van der Waals surface area contributed by atoms with Crippen molar-refractivity contribution in [1.82, 2.24) is 0 Å². The maximum atomic E-state index is 13.5. The Morgan fingerprint density at radius 2 is 1.48 bits per heavy atom. The smallest absolute Gasteiger partial charge is 0.282 e. The number of carbonyl (C=O) groups excluding carboxylic acids is 2. The van der Waals surface area contributed by atoms with Gasteiger partial charge >= 0.3 is 0 Å². The van der Waals surface area contributed by atoms with Gasteiger partial charge in [-0.05, 0) is 79.4 Å². The number of hydrogen-bond donors (Lipinski definition) is 1. The molecule has 3 aromatic carbocycles. The number of benzene rings is 3. The standard InChI is InChI=1S/C25H20ClFN2O2/c1-14-4-6-17(12-16(14)3)22-23(28-20-10-8-19(27)9-11-20)25(31)29(24(22)30)21-13-18(26)7-5-15(21)2/h4-13,28H,1-3H3. The van der Waals surface area contributed by atoms with Gasteiger partial charge in [0, 0.05) is 10.7 Å². The van der Waals surface area contributed by atoms with Crippen molar-refractivity contribution in [3.63, 3.8) is 0 Å². The summed E-state index contributed by atoms with van der Waals surface area (Å²) in [5.74, 6) is -1.32. The molecule has 4 nitrogen and oxygen atoms in total. The Morgan fingerprint density at radius 1 is 0.806 bits per heavy atom. The molecular weight excluding hydrogens is 415 g/mol. The zero-order valence-corrected chi connectivity index (χ0v) is 18.0. The summed E-state index contributed by atoms with van der Waals surface area (Å²) in [4.78, 5) is 28.1. The highest BCUT2D eigenvalue weighted by molar-refractivity contribution is 6.46. The van der Waals surface area contributed by atoms with Crippen LogP contribution in [0.2, 0.25) is 5.02 Å². The number of imide groups is 1. The highest BCUT2D eigenvalue weighted by atomic mass is 35.5. The van der Waals surface area contributed by atoms with Gasteiger partial charge in [0.05, 0.1) is 11.3 Å². The fourth-order valence-electron chi connectivity index (χ4n) is 3.53. The van der Waals surface area contributed by atoms with Gasteiger partial charge in [-0.1, -0.05) is 35.9 Å². The Balaban J connectivity index is 1.87. The Labute approximate surface area is 185 Å². The molecule has 1 aliphatic heterocycles. The number of amides is 2.